The number of ketones is 1. The number of azo groups is 1. The zero-order valence-electron chi connectivity index (χ0n) is 18.7. The van der Waals surface area contributed by atoms with Gasteiger partial charge in [-0.1, -0.05) is 45.0 Å². The number of hydrogen-bond acceptors (Lipinski definition) is 5. The second-order valence-corrected chi connectivity index (χ2v) is 10.2. The van der Waals surface area contributed by atoms with Crippen molar-refractivity contribution in [3.8, 4) is 0 Å². The predicted octanol–water partition coefficient (Wildman–Crippen LogP) is 4.20. The Bertz CT molecular complexity index is 1060. The highest BCUT2D eigenvalue weighted by Crippen LogP contribution is 2.54. The third-order valence-electron chi connectivity index (χ3n) is 7.49. The summed E-state index contributed by atoms with van der Waals surface area (Å²) in [6.45, 7) is 9.62. The van der Waals surface area contributed by atoms with E-state index in [1.165, 1.54) is 5.56 Å². The first-order chi connectivity index (χ1) is 14.7. The topological polar surface area (TPSA) is 74.1 Å². The maximum absolute atomic E-state index is 13.6. The SMILES string of the molecule is CC[C@]1(c2cccc(C3CN(C(C)=O)C3)c2)C2=CN=NC2NC2=C1C(=O)CC(C)(C)C2. The molecule has 162 valence electrons. The molecule has 1 aromatic carbocycles. The highest BCUT2D eigenvalue weighted by Gasteiger charge is 2.53. The van der Waals surface area contributed by atoms with Crippen LogP contribution in [0.4, 0.5) is 0 Å². The molecular weight excluding hydrogens is 388 g/mol. The fourth-order valence-electron chi connectivity index (χ4n) is 5.89. The van der Waals surface area contributed by atoms with Gasteiger partial charge in [-0.25, -0.2) is 0 Å². The molecule has 0 aromatic heterocycles. The smallest absolute Gasteiger partial charge is 0.219 e. The quantitative estimate of drug-likeness (QED) is 0.799. The van der Waals surface area contributed by atoms with E-state index in [2.05, 4.69) is 60.6 Å². The van der Waals surface area contributed by atoms with Crippen molar-refractivity contribution in [2.45, 2.75) is 64.5 Å². The molecule has 3 heterocycles. The normalized spacial score (nSPS) is 29.2. The molecule has 1 aliphatic carbocycles. The van der Waals surface area contributed by atoms with Crippen LogP contribution in [0.15, 0.2) is 57.5 Å². The number of fused-ring (bicyclic) bond motifs is 1. The van der Waals surface area contributed by atoms with Crippen molar-refractivity contribution in [1.29, 1.82) is 0 Å². The second kappa shape index (κ2) is 6.87. The third-order valence-corrected chi connectivity index (χ3v) is 7.49. The van der Waals surface area contributed by atoms with Crippen molar-refractivity contribution in [3.63, 3.8) is 0 Å². The number of nitrogens with zero attached hydrogens (tertiary/aromatic N) is 3. The Kier molecular flexibility index (Phi) is 4.47. The number of allylic oxidation sites excluding steroid dienone is 2. The van der Waals surface area contributed by atoms with E-state index < -0.39 is 5.41 Å². The van der Waals surface area contributed by atoms with E-state index in [0.717, 1.165) is 48.3 Å². The summed E-state index contributed by atoms with van der Waals surface area (Å²) in [5.74, 6) is 0.698. The number of nitrogens with one attached hydrogen (secondary N) is 1. The summed E-state index contributed by atoms with van der Waals surface area (Å²) in [5.41, 5.74) is 4.79. The van der Waals surface area contributed by atoms with Crippen molar-refractivity contribution >= 4 is 11.7 Å². The third kappa shape index (κ3) is 2.99. The lowest BCUT2D eigenvalue weighted by molar-refractivity contribution is -0.133. The molecule has 1 fully saturated rings. The maximum Gasteiger partial charge on any atom is 0.219 e. The van der Waals surface area contributed by atoms with Gasteiger partial charge in [0.25, 0.3) is 0 Å². The zero-order valence-corrected chi connectivity index (χ0v) is 18.7. The van der Waals surface area contributed by atoms with E-state index in [0.29, 0.717) is 12.3 Å². The molecule has 0 bridgehead atoms. The Labute approximate surface area is 183 Å². The molecule has 0 radical (unpaired) electrons. The molecule has 6 heteroatoms. The first-order valence-electron chi connectivity index (χ1n) is 11.2. The van der Waals surface area contributed by atoms with E-state index >= 15 is 0 Å². The summed E-state index contributed by atoms with van der Waals surface area (Å²) in [6.07, 6.45) is 3.81. The number of hydrogen-bond donors (Lipinski definition) is 1. The van der Waals surface area contributed by atoms with E-state index in [1.54, 1.807) is 6.92 Å². The second-order valence-electron chi connectivity index (χ2n) is 10.2. The largest absolute Gasteiger partial charge is 0.362 e. The Balaban J connectivity index is 1.62. The van der Waals surface area contributed by atoms with Crippen molar-refractivity contribution < 1.29 is 9.59 Å². The molecule has 6 nitrogen and oxygen atoms in total. The minimum atomic E-state index is -0.512. The van der Waals surface area contributed by atoms with Gasteiger partial charge in [0.1, 0.15) is 0 Å². The van der Waals surface area contributed by atoms with E-state index in [1.807, 2.05) is 11.1 Å². The minimum Gasteiger partial charge on any atom is -0.362 e. The highest BCUT2D eigenvalue weighted by molar-refractivity contribution is 6.01. The first kappa shape index (κ1) is 20.2. The Morgan fingerprint density at radius 3 is 2.74 bits per heavy atom. The number of likely N-dealkylation sites (tertiary alicyclic amines) is 1. The average Bonchev–Trinajstić information content (AvgIpc) is 3.12. The molecule has 1 saturated heterocycles. The van der Waals surface area contributed by atoms with Crippen LogP contribution in [0, 0.1) is 5.41 Å². The van der Waals surface area contributed by atoms with Gasteiger partial charge in [0, 0.05) is 49.2 Å². The molecule has 0 spiro atoms. The molecule has 1 unspecified atom stereocenters. The molecule has 31 heavy (non-hydrogen) atoms. The van der Waals surface area contributed by atoms with Crippen LogP contribution in [0.5, 0.6) is 0 Å². The summed E-state index contributed by atoms with van der Waals surface area (Å²) >= 11 is 0. The van der Waals surface area contributed by atoms with Gasteiger partial charge in [0.05, 0.1) is 11.6 Å². The molecule has 1 amide bonds. The summed E-state index contributed by atoms with van der Waals surface area (Å²) in [4.78, 5) is 27.1. The van der Waals surface area contributed by atoms with Crippen LogP contribution in [-0.2, 0) is 15.0 Å². The summed E-state index contributed by atoms with van der Waals surface area (Å²) in [5, 5.41) is 12.2. The van der Waals surface area contributed by atoms with E-state index in [4.69, 9.17) is 0 Å². The number of Topliss-reactive ketones (excluding diaryl/α,β-unsaturated/α-hetero) is 1. The number of carbonyl (C=O) groups is 2. The molecule has 2 atom stereocenters. The van der Waals surface area contributed by atoms with Crippen LogP contribution in [-0.4, -0.2) is 35.8 Å². The zero-order chi connectivity index (χ0) is 22.0. The average molecular weight is 419 g/mol. The lowest BCUT2D eigenvalue weighted by Crippen LogP contribution is -2.51. The fourth-order valence-corrected chi connectivity index (χ4v) is 5.89. The Morgan fingerprint density at radius 1 is 1.26 bits per heavy atom. The number of carbonyl (C=O) groups excluding carboxylic acids is 2. The summed E-state index contributed by atoms with van der Waals surface area (Å²) in [6, 6.07) is 8.64. The molecule has 0 saturated carbocycles. The van der Waals surface area contributed by atoms with Gasteiger partial charge in [-0.05, 0) is 29.4 Å². The number of rotatable bonds is 3. The van der Waals surface area contributed by atoms with Crippen LogP contribution in [0.3, 0.4) is 0 Å². The predicted molar refractivity (Wildman–Crippen MR) is 118 cm³/mol. The van der Waals surface area contributed by atoms with Crippen LogP contribution >= 0.6 is 0 Å². The fraction of sp³-hybridized carbons (Fsp3) is 0.520. The van der Waals surface area contributed by atoms with Gasteiger partial charge in [0.15, 0.2) is 11.9 Å². The van der Waals surface area contributed by atoms with Crippen molar-refractivity contribution in [1.82, 2.24) is 10.2 Å². The molecule has 4 aliphatic rings. The van der Waals surface area contributed by atoms with Crippen molar-refractivity contribution in [2.24, 2.45) is 15.6 Å². The van der Waals surface area contributed by atoms with Crippen LogP contribution < -0.4 is 5.32 Å². The van der Waals surface area contributed by atoms with Gasteiger partial charge in [-0.2, -0.15) is 10.2 Å². The summed E-state index contributed by atoms with van der Waals surface area (Å²) in [7, 11) is 0. The van der Waals surface area contributed by atoms with Gasteiger partial charge in [0.2, 0.25) is 5.91 Å². The number of benzene rings is 1. The Morgan fingerprint density at radius 2 is 2.03 bits per heavy atom. The van der Waals surface area contributed by atoms with Gasteiger partial charge < -0.3 is 10.2 Å². The monoisotopic (exact) mass is 418 g/mol. The minimum absolute atomic E-state index is 0.0662. The molecule has 3 aliphatic heterocycles. The lowest BCUT2D eigenvalue weighted by Gasteiger charge is -2.48. The molecule has 5 rings (SSSR count). The van der Waals surface area contributed by atoms with Gasteiger partial charge in [-0.15, -0.1) is 0 Å². The standard InChI is InChI=1S/C25H30N4O2/c1-5-25(18-8-6-7-16(9-18)17-13-29(14-17)15(2)30)19-12-26-28-23(19)27-20-10-24(3,4)11-21(31)22(20)25/h6-9,12,17,23,27H,5,10-11,13-14H2,1-4H3/t23?,25-/m0/s1. The molecule has 1 aromatic rings. The maximum atomic E-state index is 13.6. The van der Waals surface area contributed by atoms with Crippen molar-refractivity contribution in [3.05, 3.63) is 58.4 Å². The van der Waals surface area contributed by atoms with Crippen LogP contribution in [0.1, 0.15) is 64.0 Å². The van der Waals surface area contributed by atoms with Gasteiger partial charge >= 0.3 is 0 Å². The highest BCUT2D eigenvalue weighted by atomic mass is 16.2. The molecular formula is C25H30N4O2. The Hall–Kier alpha value is -2.76. The first-order valence-corrected chi connectivity index (χ1v) is 11.2. The van der Waals surface area contributed by atoms with Crippen molar-refractivity contribution in [2.75, 3.05) is 13.1 Å². The summed E-state index contributed by atoms with van der Waals surface area (Å²) < 4.78 is 0. The van der Waals surface area contributed by atoms with E-state index in [9.17, 15) is 9.59 Å². The molecule has 1 N–H and O–H groups in total. The van der Waals surface area contributed by atoms with E-state index in [-0.39, 0.29) is 23.3 Å². The van der Waals surface area contributed by atoms with Gasteiger partial charge in [-0.3, -0.25) is 9.59 Å². The van der Waals surface area contributed by atoms with Crippen LogP contribution in [0.25, 0.3) is 0 Å². The number of amides is 1. The lowest BCUT2D eigenvalue weighted by atomic mass is 9.58. The van der Waals surface area contributed by atoms with Crippen LogP contribution in [0.2, 0.25) is 0 Å².